The molecule has 0 unspecified atom stereocenters. The topological polar surface area (TPSA) is 62.2 Å². The van der Waals surface area contributed by atoms with Crippen molar-refractivity contribution < 1.29 is 19.7 Å². The molecular formula is C16H17NO4. The second-order valence-electron chi connectivity index (χ2n) is 6.38. The van der Waals surface area contributed by atoms with Gasteiger partial charge in [0.25, 0.3) is 0 Å². The SMILES string of the molecule is OC1=C[C@@H]2CCN3Cc4cc5c(cc4[C@@H]([C@@H]23)[C@H]1O)OCO5. The van der Waals surface area contributed by atoms with Crippen molar-refractivity contribution in [3.05, 3.63) is 35.1 Å². The number of hydrogen-bond donors (Lipinski definition) is 2. The van der Waals surface area contributed by atoms with Crippen molar-refractivity contribution in [2.75, 3.05) is 13.3 Å². The molecule has 1 aromatic carbocycles. The Morgan fingerprint density at radius 3 is 2.86 bits per heavy atom. The van der Waals surface area contributed by atoms with Crippen LogP contribution < -0.4 is 9.47 Å². The second kappa shape index (κ2) is 3.93. The summed E-state index contributed by atoms with van der Waals surface area (Å²) in [5.74, 6) is 1.90. The van der Waals surface area contributed by atoms with Gasteiger partial charge in [0.2, 0.25) is 6.79 Å². The fraction of sp³-hybridized carbons (Fsp3) is 0.500. The molecule has 0 bridgehead atoms. The van der Waals surface area contributed by atoms with E-state index in [0.29, 0.717) is 5.92 Å². The number of hydrogen-bond acceptors (Lipinski definition) is 5. The monoisotopic (exact) mass is 287 g/mol. The number of benzene rings is 1. The molecule has 1 saturated heterocycles. The molecule has 3 aliphatic heterocycles. The molecule has 4 atom stereocenters. The summed E-state index contributed by atoms with van der Waals surface area (Å²) >= 11 is 0. The van der Waals surface area contributed by atoms with E-state index in [2.05, 4.69) is 4.90 Å². The Hall–Kier alpha value is -1.72. The lowest BCUT2D eigenvalue weighted by Gasteiger charge is -2.44. The number of aliphatic hydroxyl groups excluding tert-OH is 2. The predicted molar refractivity (Wildman–Crippen MR) is 74.3 cm³/mol. The van der Waals surface area contributed by atoms with Crippen LogP contribution in [0.25, 0.3) is 0 Å². The van der Waals surface area contributed by atoms with Crippen LogP contribution in [-0.4, -0.2) is 40.6 Å². The van der Waals surface area contributed by atoms with Gasteiger partial charge < -0.3 is 19.7 Å². The summed E-state index contributed by atoms with van der Waals surface area (Å²) in [7, 11) is 0. The van der Waals surface area contributed by atoms with Crippen molar-refractivity contribution in [3.8, 4) is 11.5 Å². The van der Waals surface area contributed by atoms with E-state index in [1.165, 1.54) is 5.56 Å². The van der Waals surface area contributed by atoms with Gasteiger partial charge in [0.15, 0.2) is 11.5 Å². The third-order valence-electron chi connectivity index (χ3n) is 5.37. The van der Waals surface area contributed by atoms with Gasteiger partial charge in [0.1, 0.15) is 11.9 Å². The smallest absolute Gasteiger partial charge is 0.231 e. The zero-order chi connectivity index (χ0) is 14.1. The highest BCUT2D eigenvalue weighted by Crippen LogP contribution is 2.50. The van der Waals surface area contributed by atoms with Gasteiger partial charge in [-0.25, -0.2) is 0 Å². The quantitative estimate of drug-likeness (QED) is 0.757. The van der Waals surface area contributed by atoms with Crippen LogP contribution in [0.5, 0.6) is 11.5 Å². The maximum atomic E-state index is 10.5. The Bertz CT molecular complexity index is 656. The van der Waals surface area contributed by atoms with Crippen LogP contribution in [0.4, 0.5) is 0 Å². The standard InChI is InChI=1S/C16H17NO4/c18-11-3-8-1-2-17-6-9-4-12-13(21-7-20-12)5-10(9)14(15(8)17)16(11)19/h3-5,8,14-16,18-19H,1-2,6-7H2/t8-,14-,15+,16-/m0/s1. The lowest BCUT2D eigenvalue weighted by atomic mass is 9.72. The van der Waals surface area contributed by atoms with Crippen molar-refractivity contribution in [2.24, 2.45) is 5.92 Å². The Labute approximate surface area is 122 Å². The molecule has 3 heterocycles. The molecule has 21 heavy (non-hydrogen) atoms. The highest BCUT2D eigenvalue weighted by molar-refractivity contribution is 5.52. The van der Waals surface area contributed by atoms with E-state index in [1.807, 2.05) is 18.2 Å². The third-order valence-corrected chi connectivity index (χ3v) is 5.37. The first kappa shape index (κ1) is 11.9. The molecule has 0 amide bonds. The van der Waals surface area contributed by atoms with Gasteiger partial charge in [-0.15, -0.1) is 0 Å². The van der Waals surface area contributed by atoms with Crippen LogP contribution in [0, 0.1) is 5.92 Å². The first-order valence-corrected chi connectivity index (χ1v) is 7.47. The number of rotatable bonds is 0. The number of aliphatic hydroxyl groups is 2. The van der Waals surface area contributed by atoms with Gasteiger partial charge in [-0.1, -0.05) is 0 Å². The summed E-state index contributed by atoms with van der Waals surface area (Å²) < 4.78 is 10.9. The molecule has 5 heteroatoms. The van der Waals surface area contributed by atoms with Gasteiger partial charge in [-0.05, 0) is 48.2 Å². The van der Waals surface area contributed by atoms with E-state index >= 15 is 0 Å². The third kappa shape index (κ3) is 1.48. The highest BCUT2D eigenvalue weighted by Gasteiger charge is 2.50. The molecule has 5 nitrogen and oxygen atoms in total. The van der Waals surface area contributed by atoms with Crippen LogP contribution >= 0.6 is 0 Å². The lowest BCUT2D eigenvalue weighted by Crippen LogP contribution is -2.48. The molecule has 0 saturated carbocycles. The van der Waals surface area contributed by atoms with Crippen LogP contribution in [-0.2, 0) is 6.54 Å². The number of fused-ring (bicyclic) bond motifs is 3. The zero-order valence-electron chi connectivity index (χ0n) is 11.5. The first-order valence-electron chi connectivity index (χ1n) is 7.47. The minimum atomic E-state index is -0.828. The second-order valence-corrected chi connectivity index (χ2v) is 6.38. The van der Waals surface area contributed by atoms with Crippen molar-refractivity contribution >= 4 is 0 Å². The molecular weight excluding hydrogens is 270 g/mol. The predicted octanol–water partition coefficient (Wildman–Crippen LogP) is 1.52. The molecule has 0 aromatic heterocycles. The van der Waals surface area contributed by atoms with Crippen molar-refractivity contribution in [1.82, 2.24) is 4.90 Å². The molecule has 1 aromatic rings. The molecule has 110 valence electrons. The van der Waals surface area contributed by atoms with Crippen LogP contribution in [0.2, 0.25) is 0 Å². The van der Waals surface area contributed by atoms with E-state index in [0.717, 1.165) is 36.6 Å². The van der Waals surface area contributed by atoms with Crippen LogP contribution in [0.15, 0.2) is 24.0 Å². The first-order chi connectivity index (χ1) is 10.2. The van der Waals surface area contributed by atoms with Gasteiger partial charge in [-0.2, -0.15) is 0 Å². The van der Waals surface area contributed by atoms with Gasteiger partial charge in [0, 0.05) is 18.5 Å². The highest BCUT2D eigenvalue weighted by atomic mass is 16.7. The van der Waals surface area contributed by atoms with Crippen molar-refractivity contribution in [3.63, 3.8) is 0 Å². The Morgan fingerprint density at radius 1 is 1.19 bits per heavy atom. The maximum Gasteiger partial charge on any atom is 0.231 e. The fourth-order valence-electron chi connectivity index (χ4n) is 4.47. The number of ether oxygens (including phenoxy) is 2. The Morgan fingerprint density at radius 2 is 2.00 bits per heavy atom. The fourth-order valence-corrected chi connectivity index (χ4v) is 4.47. The average molecular weight is 287 g/mol. The van der Waals surface area contributed by atoms with E-state index in [9.17, 15) is 10.2 Å². The summed E-state index contributed by atoms with van der Waals surface area (Å²) in [6, 6.07) is 4.31. The molecule has 1 fully saturated rings. The Kier molecular flexibility index (Phi) is 2.22. The van der Waals surface area contributed by atoms with E-state index < -0.39 is 6.10 Å². The van der Waals surface area contributed by atoms with Gasteiger partial charge >= 0.3 is 0 Å². The molecule has 1 aliphatic carbocycles. The minimum absolute atomic E-state index is 0.0826. The molecule has 2 N–H and O–H groups in total. The molecule has 4 aliphatic rings. The van der Waals surface area contributed by atoms with E-state index in [1.54, 1.807) is 0 Å². The lowest BCUT2D eigenvalue weighted by molar-refractivity contribution is 0.0516. The average Bonchev–Trinajstić information content (AvgIpc) is 3.08. The van der Waals surface area contributed by atoms with Crippen molar-refractivity contribution in [2.45, 2.75) is 31.0 Å². The summed E-state index contributed by atoms with van der Waals surface area (Å²) in [6.07, 6.45) is 2.06. The minimum Gasteiger partial charge on any atom is -0.510 e. The summed E-state index contributed by atoms with van der Waals surface area (Å²) in [4.78, 5) is 2.42. The summed E-state index contributed by atoms with van der Waals surface area (Å²) in [6.45, 7) is 2.15. The van der Waals surface area contributed by atoms with Crippen LogP contribution in [0.1, 0.15) is 23.5 Å². The van der Waals surface area contributed by atoms with Crippen molar-refractivity contribution in [1.29, 1.82) is 0 Å². The van der Waals surface area contributed by atoms with E-state index in [-0.39, 0.29) is 24.5 Å². The maximum absolute atomic E-state index is 10.5. The Balaban J connectivity index is 1.70. The van der Waals surface area contributed by atoms with Crippen LogP contribution in [0.3, 0.4) is 0 Å². The van der Waals surface area contributed by atoms with Gasteiger partial charge in [0.05, 0.1) is 0 Å². The number of nitrogens with zero attached hydrogens (tertiary/aromatic N) is 1. The summed E-state index contributed by atoms with van der Waals surface area (Å²) in [5, 5.41) is 20.6. The zero-order valence-corrected chi connectivity index (χ0v) is 11.5. The molecule has 5 rings (SSSR count). The molecule has 0 radical (unpaired) electrons. The van der Waals surface area contributed by atoms with Gasteiger partial charge in [-0.3, -0.25) is 4.90 Å². The summed E-state index contributed by atoms with van der Waals surface area (Å²) in [5.41, 5.74) is 2.27. The normalized spacial score (nSPS) is 36.1. The molecule has 0 spiro atoms. The van der Waals surface area contributed by atoms with E-state index in [4.69, 9.17) is 9.47 Å². The largest absolute Gasteiger partial charge is 0.510 e.